The monoisotopic (exact) mass is 419 g/mol. The first kappa shape index (κ1) is 20.2. The van der Waals surface area contributed by atoms with E-state index in [1.54, 1.807) is 6.92 Å². The Balaban J connectivity index is 1.57. The number of benzene rings is 4. The fourth-order valence-electron chi connectivity index (χ4n) is 4.53. The van der Waals surface area contributed by atoms with E-state index >= 15 is 0 Å². The molecule has 0 fully saturated rings. The minimum absolute atomic E-state index is 0.0460. The summed E-state index contributed by atoms with van der Waals surface area (Å²) in [5.41, 5.74) is 4.09. The molecule has 1 aliphatic heterocycles. The highest BCUT2D eigenvalue weighted by molar-refractivity contribution is 5.96. The van der Waals surface area contributed by atoms with Gasteiger partial charge in [-0.3, -0.25) is 4.79 Å². The fraction of sp³-hybridized carbons (Fsp3) is 0.138. The summed E-state index contributed by atoms with van der Waals surface area (Å²) >= 11 is 0. The third-order valence-corrected chi connectivity index (χ3v) is 6.00. The Morgan fingerprint density at radius 1 is 0.812 bits per heavy atom. The summed E-state index contributed by atoms with van der Waals surface area (Å²) < 4.78 is 0. The largest absolute Gasteiger partial charge is 0.408 e. The number of fused-ring (bicyclic) bond motifs is 1. The molecule has 0 N–H and O–H groups in total. The van der Waals surface area contributed by atoms with Gasteiger partial charge in [-0.15, -0.1) is 5.06 Å². The van der Waals surface area contributed by atoms with Gasteiger partial charge in [0.1, 0.15) is 11.8 Å². The smallest absolute Gasteiger partial charge is 0.161 e. The van der Waals surface area contributed by atoms with Crippen LogP contribution in [0.1, 0.15) is 29.7 Å². The zero-order valence-electron chi connectivity index (χ0n) is 18.1. The maximum atomic E-state index is 12.9. The van der Waals surface area contributed by atoms with Crippen LogP contribution in [-0.4, -0.2) is 10.8 Å². The molecule has 0 aromatic heterocycles. The summed E-state index contributed by atoms with van der Waals surface area (Å²) in [6.07, 6.45) is 0.574. The van der Waals surface area contributed by atoms with E-state index in [2.05, 4.69) is 60.7 Å². The first-order chi connectivity index (χ1) is 15.7. The number of nitrogens with zero attached hydrogens (tertiary/aromatic N) is 1. The van der Waals surface area contributed by atoms with Crippen molar-refractivity contribution in [1.82, 2.24) is 5.06 Å². The zero-order chi connectivity index (χ0) is 21.9. The summed E-state index contributed by atoms with van der Waals surface area (Å²) in [7, 11) is 0. The fourth-order valence-corrected chi connectivity index (χ4v) is 4.53. The second kappa shape index (κ2) is 8.81. The normalized spacial score (nSPS) is 16.3. The summed E-state index contributed by atoms with van der Waals surface area (Å²) in [4.78, 5) is 19.4. The van der Waals surface area contributed by atoms with E-state index < -0.39 is 0 Å². The first-order valence-corrected chi connectivity index (χ1v) is 10.9. The molecular weight excluding hydrogens is 394 g/mol. The van der Waals surface area contributed by atoms with Gasteiger partial charge in [-0.25, -0.2) is 0 Å². The molecule has 1 aliphatic rings. The Labute approximate surface area is 188 Å². The predicted molar refractivity (Wildman–Crippen MR) is 128 cm³/mol. The van der Waals surface area contributed by atoms with Crippen LogP contribution >= 0.6 is 0 Å². The maximum absolute atomic E-state index is 12.9. The quantitative estimate of drug-likeness (QED) is 0.361. The van der Waals surface area contributed by atoms with Gasteiger partial charge in [0.2, 0.25) is 0 Å². The van der Waals surface area contributed by atoms with E-state index in [1.807, 2.05) is 47.5 Å². The molecule has 1 heterocycles. The minimum Gasteiger partial charge on any atom is -0.408 e. The molecule has 32 heavy (non-hydrogen) atoms. The topological polar surface area (TPSA) is 29.5 Å². The zero-order valence-corrected chi connectivity index (χ0v) is 18.1. The lowest BCUT2D eigenvalue weighted by Crippen LogP contribution is -2.25. The number of carbonyl (C=O) groups is 1. The van der Waals surface area contributed by atoms with E-state index in [9.17, 15) is 4.79 Å². The average Bonchev–Trinajstić information content (AvgIpc) is 3.18. The predicted octanol–water partition coefficient (Wildman–Crippen LogP) is 6.41. The van der Waals surface area contributed by atoms with Gasteiger partial charge >= 0.3 is 0 Å². The second-order valence-corrected chi connectivity index (χ2v) is 8.17. The van der Waals surface area contributed by atoms with Crippen LogP contribution in [0.3, 0.4) is 0 Å². The van der Waals surface area contributed by atoms with Gasteiger partial charge in [0.05, 0.1) is 12.1 Å². The van der Waals surface area contributed by atoms with Gasteiger partial charge in [0.25, 0.3) is 0 Å². The van der Waals surface area contributed by atoms with Crippen molar-refractivity contribution in [3.8, 4) is 0 Å². The molecule has 0 saturated heterocycles. The van der Waals surface area contributed by atoms with E-state index in [0.717, 1.165) is 28.0 Å². The lowest BCUT2D eigenvalue weighted by atomic mass is 9.92. The Hall–Kier alpha value is -3.69. The molecule has 3 heteroatoms. The number of carbonyl (C=O) groups excluding carboxylic acids is 1. The third kappa shape index (κ3) is 3.95. The van der Waals surface area contributed by atoms with Crippen LogP contribution in [0.15, 0.2) is 114 Å². The van der Waals surface area contributed by atoms with Crippen molar-refractivity contribution in [2.75, 3.05) is 0 Å². The highest BCUT2D eigenvalue weighted by Crippen LogP contribution is 2.41. The van der Waals surface area contributed by atoms with Crippen LogP contribution in [0.4, 0.5) is 0 Å². The van der Waals surface area contributed by atoms with Gasteiger partial charge in [0, 0.05) is 6.42 Å². The van der Waals surface area contributed by atoms with Crippen LogP contribution in [0.25, 0.3) is 10.8 Å². The molecule has 0 amide bonds. The molecule has 0 bridgehead atoms. The lowest BCUT2D eigenvalue weighted by molar-refractivity contribution is -0.130. The number of ketones is 1. The van der Waals surface area contributed by atoms with Crippen molar-refractivity contribution in [3.63, 3.8) is 0 Å². The molecule has 0 aliphatic carbocycles. The van der Waals surface area contributed by atoms with Crippen molar-refractivity contribution in [1.29, 1.82) is 0 Å². The Morgan fingerprint density at radius 2 is 1.47 bits per heavy atom. The van der Waals surface area contributed by atoms with Crippen LogP contribution in [0, 0.1) is 0 Å². The van der Waals surface area contributed by atoms with Gasteiger partial charge in [0.15, 0.2) is 5.78 Å². The number of Topliss-reactive ketones (excluding diaryl/α,β-unsaturated/α-hetero) is 1. The van der Waals surface area contributed by atoms with Crippen molar-refractivity contribution >= 4 is 16.6 Å². The second-order valence-electron chi connectivity index (χ2n) is 8.17. The van der Waals surface area contributed by atoms with Crippen LogP contribution in [-0.2, 0) is 22.6 Å². The summed E-state index contributed by atoms with van der Waals surface area (Å²) in [5, 5.41) is 4.32. The van der Waals surface area contributed by atoms with Crippen molar-refractivity contribution in [2.45, 2.75) is 25.9 Å². The highest BCUT2D eigenvalue weighted by atomic mass is 16.7. The molecule has 3 nitrogen and oxygen atoms in total. The first-order valence-electron chi connectivity index (χ1n) is 10.9. The van der Waals surface area contributed by atoms with E-state index in [0.29, 0.717) is 13.0 Å². The Kier molecular flexibility index (Phi) is 5.57. The summed E-state index contributed by atoms with van der Waals surface area (Å²) in [5.74, 6) is 0.781. The van der Waals surface area contributed by atoms with Crippen molar-refractivity contribution in [3.05, 3.63) is 131 Å². The van der Waals surface area contributed by atoms with Gasteiger partial charge < -0.3 is 4.84 Å². The number of hydrogen-bond donors (Lipinski definition) is 0. The van der Waals surface area contributed by atoms with Crippen LogP contribution in [0.2, 0.25) is 0 Å². The number of allylic oxidation sites excluding steroid dienone is 1. The third-order valence-electron chi connectivity index (χ3n) is 6.00. The molecule has 158 valence electrons. The SMILES string of the molecule is CC(=O)C1=C(Cc2cccc3ccccc23)ON(Cc2ccccc2)C1c1ccccc1. The molecule has 5 rings (SSSR count). The number of hydrogen-bond acceptors (Lipinski definition) is 3. The van der Waals surface area contributed by atoms with Crippen molar-refractivity contribution in [2.24, 2.45) is 0 Å². The average molecular weight is 420 g/mol. The Morgan fingerprint density at radius 3 is 2.22 bits per heavy atom. The lowest BCUT2D eigenvalue weighted by Gasteiger charge is -2.24. The summed E-state index contributed by atoms with van der Waals surface area (Å²) in [6, 6.07) is 34.8. The molecular formula is C29H25NO2. The van der Waals surface area contributed by atoms with E-state index in [4.69, 9.17) is 4.84 Å². The molecule has 1 atom stereocenters. The van der Waals surface area contributed by atoms with Crippen molar-refractivity contribution < 1.29 is 9.63 Å². The van der Waals surface area contributed by atoms with Gasteiger partial charge in [-0.05, 0) is 34.4 Å². The molecule has 0 spiro atoms. The molecule has 4 aromatic rings. The minimum atomic E-state index is -0.237. The Bertz CT molecular complexity index is 1270. The number of rotatable bonds is 6. The molecule has 0 saturated carbocycles. The summed E-state index contributed by atoms with van der Waals surface area (Å²) in [6.45, 7) is 2.24. The highest BCUT2D eigenvalue weighted by Gasteiger charge is 2.38. The van der Waals surface area contributed by atoms with E-state index in [-0.39, 0.29) is 11.8 Å². The molecule has 0 radical (unpaired) electrons. The standard InChI is InChI=1S/C29H25NO2/c1-21(31)28-27(19-25-17-10-16-23-13-8-9-18-26(23)25)32-30(20-22-11-4-2-5-12-22)29(28)24-14-6-3-7-15-24/h2-18,29H,19-20H2,1H3. The molecule has 4 aromatic carbocycles. The maximum Gasteiger partial charge on any atom is 0.161 e. The van der Waals surface area contributed by atoms with Gasteiger partial charge in [-0.2, -0.15) is 0 Å². The van der Waals surface area contributed by atoms with Crippen LogP contribution < -0.4 is 0 Å². The van der Waals surface area contributed by atoms with Gasteiger partial charge in [-0.1, -0.05) is 103 Å². The number of hydroxylamine groups is 2. The molecule has 1 unspecified atom stereocenters. The van der Waals surface area contributed by atoms with Crippen LogP contribution in [0.5, 0.6) is 0 Å². The van der Waals surface area contributed by atoms with E-state index in [1.165, 1.54) is 10.8 Å².